The van der Waals surface area contributed by atoms with Gasteiger partial charge in [0.25, 0.3) is 5.91 Å². The number of rotatable bonds is 7. The first-order chi connectivity index (χ1) is 15.4. The predicted molar refractivity (Wildman–Crippen MR) is 133 cm³/mol. The van der Waals surface area contributed by atoms with E-state index in [0.717, 1.165) is 11.1 Å². The number of nitrogens with one attached hydrogen (secondary N) is 2. The fourth-order valence-electron chi connectivity index (χ4n) is 3.09. The zero-order valence-corrected chi connectivity index (χ0v) is 19.9. The van der Waals surface area contributed by atoms with E-state index in [9.17, 15) is 9.59 Å². The Balaban J connectivity index is 1.55. The second kappa shape index (κ2) is 11.1. The van der Waals surface area contributed by atoms with Crippen molar-refractivity contribution in [2.45, 2.75) is 35.8 Å². The number of hydrogen-bond acceptors (Lipinski definition) is 5. The summed E-state index contributed by atoms with van der Waals surface area (Å²) in [6.07, 6.45) is 1.07. The lowest BCUT2D eigenvalue weighted by Gasteiger charge is -2.18. The van der Waals surface area contributed by atoms with Gasteiger partial charge in [0.05, 0.1) is 11.7 Å². The zero-order valence-electron chi connectivity index (χ0n) is 18.2. The molecule has 2 atom stereocenters. The van der Waals surface area contributed by atoms with Gasteiger partial charge in [0, 0.05) is 15.4 Å². The fraction of sp³-hybridized carbons (Fsp3) is 0.200. The van der Waals surface area contributed by atoms with Crippen molar-refractivity contribution in [3.63, 3.8) is 0 Å². The van der Waals surface area contributed by atoms with Crippen LogP contribution in [0.1, 0.15) is 47.5 Å². The van der Waals surface area contributed by atoms with Crippen molar-refractivity contribution < 1.29 is 14.3 Å². The van der Waals surface area contributed by atoms with Gasteiger partial charge in [0.15, 0.2) is 0 Å². The van der Waals surface area contributed by atoms with Gasteiger partial charge in [-0.3, -0.25) is 4.79 Å². The van der Waals surface area contributed by atoms with Crippen LogP contribution < -0.4 is 10.6 Å². The van der Waals surface area contributed by atoms with Gasteiger partial charge in [-0.2, -0.15) is 0 Å². The lowest BCUT2D eigenvalue weighted by atomic mass is 10.1. The predicted octanol–water partition coefficient (Wildman–Crippen LogP) is 6.50. The molecule has 0 unspecified atom stereocenters. The Morgan fingerprint density at radius 2 is 1.53 bits per heavy atom. The molecule has 3 aromatic rings. The average molecular weight is 467 g/mol. The van der Waals surface area contributed by atoms with Crippen LogP contribution in [-0.2, 0) is 4.74 Å². The summed E-state index contributed by atoms with van der Waals surface area (Å²) < 4.78 is 5.52. The molecule has 0 radical (unpaired) electrons. The maximum Gasteiger partial charge on any atom is 0.408 e. The lowest BCUT2D eigenvalue weighted by molar-refractivity contribution is 0.101. The Bertz CT molecular complexity index is 1070. The van der Waals surface area contributed by atoms with Crippen LogP contribution in [0.3, 0.4) is 0 Å². The molecule has 5 nitrogen and oxygen atoms in total. The average Bonchev–Trinajstić information content (AvgIpc) is 2.80. The Labute approximate surface area is 198 Å². The monoisotopic (exact) mass is 466 g/mol. The number of ether oxygens (including phenoxy) is 1. The summed E-state index contributed by atoms with van der Waals surface area (Å²) in [5, 5.41) is 5.70. The summed E-state index contributed by atoms with van der Waals surface area (Å²) in [7, 11) is 0. The minimum absolute atomic E-state index is 0.175. The maximum absolute atomic E-state index is 12.5. The molecular formula is C25H26N2O3S2. The summed E-state index contributed by atoms with van der Waals surface area (Å²) in [6.45, 7) is 3.71. The molecule has 166 valence electrons. The van der Waals surface area contributed by atoms with Crippen molar-refractivity contribution >= 4 is 42.1 Å². The van der Waals surface area contributed by atoms with Crippen molar-refractivity contribution in [1.82, 2.24) is 5.32 Å². The van der Waals surface area contributed by atoms with E-state index in [4.69, 9.17) is 4.74 Å². The smallest absolute Gasteiger partial charge is 0.408 e. The van der Waals surface area contributed by atoms with Gasteiger partial charge >= 0.3 is 6.09 Å². The summed E-state index contributed by atoms with van der Waals surface area (Å²) in [5.41, 5.74) is 2.95. The number of thioether (sulfide) groups is 1. The molecule has 32 heavy (non-hydrogen) atoms. The van der Waals surface area contributed by atoms with E-state index >= 15 is 0 Å². The van der Waals surface area contributed by atoms with Crippen molar-refractivity contribution in [3.8, 4) is 0 Å². The molecule has 0 saturated heterocycles. The van der Waals surface area contributed by atoms with Gasteiger partial charge in [0.1, 0.15) is 6.10 Å². The lowest BCUT2D eigenvalue weighted by Crippen LogP contribution is -2.28. The molecule has 0 saturated carbocycles. The number of carbonyl (C=O) groups excluding carboxylic acids is 2. The van der Waals surface area contributed by atoms with Gasteiger partial charge in [-0.1, -0.05) is 36.4 Å². The molecule has 7 heteroatoms. The number of anilines is 1. The number of carbonyl (C=O) groups is 2. The van der Waals surface area contributed by atoms with Crippen LogP contribution in [0.25, 0.3) is 0 Å². The third-order valence-corrected chi connectivity index (χ3v) is 6.16. The van der Waals surface area contributed by atoms with E-state index in [1.54, 1.807) is 49.0 Å². The Morgan fingerprint density at radius 1 is 0.906 bits per heavy atom. The summed E-state index contributed by atoms with van der Waals surface area (Å²) in [6, 6.07) is 22.1. The molecule has 0 aliphatic heterocycles. The van der Waals surface area contributed by atoms with Gasteiger partial charge in [0.2, 0.25) is 0 Å². The SMILES string of the molecule is CSc1ccc([C@H](C)NC(=O)O[C@H](C)c2ccc(C(=O)Nc3ccccc3S)cc2)cc1. The number of thiol groups is 1. The number of alkyl carbamates (subject to hydrolysis) is 1. The third kappa shape index (κ3) is 6.31. The van der Waals surface area contributed by atoms with E-state index in [2.05, 4.69) is 23.3 Å². The number of hydrogen-bond donors (Lipinski definition) is 3. The van der Waals surface area contributed by atoms with E-state index in [0.29, 0.717) is 16.1 Å². The largest absolute Gasteiger partial charge is 0.442 e. The highest BCUT2D eigenvalue weighted by Gasteiger charge is 2.16. The number of para-hydroxylation sites is 1. The van der Waals surface area contributed by atoms with Crippen LogP contribution in [0.4, 0.5) is 10.5 Å². The van der Waals surface area contributed by atoms with Gasteiger partial charge in [-0.15, -0.1) is 24.4 Å². The normalized spacial score (nSPS) is 12.5. The van der Waals surface area contributed by atoms with Crippen molar-refractivity contribution in [3.05, 3.63) is 89.5 Å². The third-order valence-electron chi connectivity index (χ3n) is 5.03. The molecule has 0 fully saturated rings. The van der Waals surface area contributed by atoms with Crippen LogP contribution in [0, 0.1) is 0 Å². The quantitative estimate of drug-likeness (QED) is 0.275. The van der Waals surface area contributed by atoms with Crippen LogP contribution in [-0.4, -0.2) is 18.3 Å². The molecule has 3 rings (SSSR count). The van der Waals surface area contributed by atoms with Gasteiger partial charge in [-0.25, -0.2) is 4.79 Å². The first kappa shape index (κ1) is 23.8. The molecular weight excluding hydrogens is 440 g/mol. The van der Waals surface area contributed by atoms with Crippen LogP contribution in [0.5, 0.6) is 0 Å². The fourth-order valence-corrected chi connectivity index (χ4v) is 3.72. The van der Waals surface area contributed by atoms with Crippen LogP contribution >= 0.6 is 24.4 Å². The molecule has 0 spiro atoms. The summed E-state index contributed by atoms with van der Waals surface area (Å²) >= 11 is 6.02. The van der Waals surface area contributed by atoms with Crippen molar-refractivity contribution in [2.24, 2.45) is 0 Å². The molecule has 0 aliphatic rings. The minimum atomic E-state index is -0.494. The van der Waals surface area contributed by atoms with E-state index in [-0.39, 0.29) is 11.9 Å². The van der Waals surface area contributed by atoms with Crippen molar-refractivity contribution in [2.75, 3.05) is 11.6 Å². The van der Waals surface area contributed by atoms with Crippen LogP contribution in [0.15, 0.2) is 82.6 Å². The summed E-state index contributed by atoms with van der Waals surface area (Å²) in [4.78, 5) is 26.7. The Hall–Kier alpha value is -2.90. The van der Waals surface area contributed by atoms with Crippen molar-refractivity contribution in [1.29, 1.82) is 0 Å². The molecule has 2 N–H and O–H groups in total. The highest BCUT2D eigenvalue weighted by Crippen LogP contribution is 2.22. The number of benzene rings is 3. The highest BCUT2D eigenvalue weighted by atomic mass is 32.2. The van der Waals surface area contributed by atoms with E-state index < -0.39 is 12.2 Å². The second-order valence-corrected chi connectivity index (χ2v) is 8.64. The Morgan fingerprint density at radius 3 is 2.16 bits per heavy atom. The topological polar surface area (TPSA) is 67.4 Å². The second-order valence-electron chi connectivity index (χ2n) is 7.28. The molecule has 0 heterocycles. The zero-order chi connectivity index (χ0) is 23.1. The Kier molecular flexibility index (Phi) is 8.25. The highest BCUT2D eigenvalue weighted by molar-refractivity contribution is 7.98. The first-order valence-corrected chi connectivity index (χ1v) is 11.8. The molecule has 0 aliphatic carbocycles. The summed E-state index contributed by atoms with van der Waals surface area (Å²) in [5.74, 6) is -0.231. The standard InChI is InChI=1S/C25H26N2O3S2/c1-16(18-12-14-21(32-3)15-13-18)26-25(29)30-17(2)19-8-10-20(11-9-19)24(28)27-22-6-4-5-7-23(22)31/h4-17,31H,1-3H3,(H,26,29)(H,27,28)/t16-,17+/m0/s1. The van der Waals surface area contributed by atoms with Crippen LogP contribution in [0.2, 0.25) is 0 Å². The molecule has 3 aromatic carbocycles. The number of amides is 2. The van der Waals surface area contributed by atoms with Gasteiger partial charge < -0.3 is 15.4 Å². The minimum Gasteiger partial charge on any atom is -0.442 e. The molecule has 0 bridgehead atoms. The maximum atomic E-state index is 12.5. The van der Waals surface area contributed by atoms with E-state index in [1.165, 1.54) is 4.90 Å². The molecule has 2 amide bonds. The molecule has 0 aromatic heterocycles. The van der Waals surface area contributed by atoms with E-state index in [1.807, 2.05) is 55.6 Å². The first-order valence-electron chi connectivity index (χ1n) is 10.2. The van der Waals surface area contributed by atoms with Gasteiger partial charge in [-0.05, 0) is 67.6 Å².